The summed E-state index contributed by atoms with van der Waals surface area (Å²) < 4.78 is 5.10. The van der Waals surface area contributed by atoms with Crippen molar-refractivity contribution in [2.24, 2.45) is 34.5 Å². The topological polar surface area (TPSA) is 55.4 Å². The number of methoxy groups -OCH3 is 1. The molecule has 3 fully saturated rings. The zero-order valence-electron chi connectivity index (χ0n) is 15.0. The summed E-state index contributed by atoms with van der Waals surface area (Å²) in [5.41, 5.74) is 0.167. The number of ether oxygens (including phenoxy) is 1. The van der Waals surface area contributed by atoms with Gasteiger partial charge in [0.25, 0.3) is 0 Å². The van der Waals surface area contributed by atoms with Crippen LogP contribution in [0.5, 0.6) is 0 Å². The first kappa shape index (κ1) is 16.2. The van der Waals surface area contributed by atoms with Crippen molar-refractivity contribution in [3.05, 3.63) is 12.2 Å². The molecule has 24 heavy (non-hydrogen) atoms. The van der Waals surface area contributed by atoms with Gasteiger partial charge in [0.15, 0.2) is 0 Å². The second kappa shape index (κ2) is 5.34. The van der Waals surface area contributed by atoms with Crippen LogP contribution >= 0.6 is 0 Å². The summed E-state index contributed by atoms with van der Waals surface area (Å²) in [5.74, 6) is 2.01. The average molecular weight is 331 g/mol. The molecule has 0 aromatic heterocycles. The maximum atomic E-state index is 12.3. The van der Waals surface area contributed by atoms with Gasteiger partial charge in [-0.3, -0.25) is 9.59 Å². The van der Waals surface area contributed by atoms with Crippen LogP contribution < -0.4 is 5.32 Å². The Hall–Kier alpha value is -1.32. The molecule has 1 amide bonds. The smallest absolute Gasteiger partial charge is 0.309 e. The number of hydrogen-bond acceptors (Lipinski definition) is 3. The van der Waals surface area contributed by atoms with E-state index >= 15 is 0 Å². The first-order chi connectivity index (χ1) is 11.4. The Morgan fingerprint density at radius 3 is 2.71 bits per heavy atom. The predicted octanol–water partition coefficient (Wildman–Crippen LogP) is 3.07. The Morgan fingerprint density at radius 1 is 1.17 bits per heavy atom. The van der Waals surface area contributed by atoms with Gasteiger partial charge >= 0.3 is 5.97 Å². The fourth-order valence-electron chi connectivity index (χ4n) is 6.86. The molecule has 0 aromatic rings. The highest BCUT2D eigenvalue weighted by molar-refractivity contribution is 5.89. The molecule has 0 bridgehead atoms. The number of nitrogens with one attached hydrogen (secondary N) is 1. The zero-order valence-corrected chi connectivity index (χ0v) is 15.0. The van der Waals surface area contributed by atoms with Crippen molar-refractivity contribution in [1.82, 2.24) is 5.32 Å². The molecular formula is C20H29NO3. The molecule has 1 N–H and O–H groups in total. The molecule has 7 atom stereocenters. The Bertz CT molecular complexity index is 600. The first-order valence-electron chi connectivity index (χ1n) is 9.47. The minimum Gasteiger partial charge on any atom is -0.469 e. The average Bonchev–Trinajstić information content (AvgIpc) is 2.92. The monoisotopic (exact) mass is 331 g/mol. The molecule has 3 aliphatic carbocycles. The van der Waals surface area contributed by atoms with Gasteiger partial charge < -0.3 is 10.1 Å². The Balaban J connectivity index is 1.64. The number of amides is 1. The summed E-state index contributed by atoms with van der Waals surface area (Å²) in [4.78, 5) is 24.0. The van der Waals surface area contributed by atoms with Crippen LogP contribution in [0, 0.1) is 34.5 Å². The van der Waals surface area contributed by atoms with Crippen LogP contribution in [0.3, 0.4) is 0 Å². The van der Waals surface area contributed by atoms with Crippen LogP contribution in [0.15, 0.2) is 12.2 Å². The summed E-state index contributed by atoms with van der Waals surface area (Å²) in [6.07, 6.45) is 10.5. The normalized spacial score (nSPS) is 49.6. The number of rotatable bonds is 1. The summed E-state index contributed by atoms with van der Waals surface area (Å²) in [7, 11) is 1.52. The predicted molar refractivity (Wildman–Crippen MR) is 91.0 cm³/mol. The first-order valence-corrected chi connectivity index (χ1v) is 9.47. The fraction of sp³-hybridized carbons (Fsp3) is 0.800. The third-order valence-corrected chi connectivity index (χ3v) is 8.17. The van der Waals surface area contributed by atoms with Crippen LogP contribution in [0.1, 0.15) is 52.4 Å². The van der Waals surface area contributed by atoms with Crippen molar-refractivity contribution < 1.29 is 14.3 Å². The van der Waals surface area contributed by atoms with Crippen molar-refractivity contribution in [3.63, 3.8) is 0 Å². The van der Waals surface area contributed by atoms with Gasteiger partial charge in [-0.15, -0.1) is 0 Å². The van der Waals surface area contributed by atoms with Gasteiger partial charge in [0, 0.05) is 11.5 Å². The van der Waals surface area contributed by atoms with E-state index in [9.17, 15) is 9.59 Å². The Morgan fingerprint density at radius 2 is 1.96 bits per heavy atom. The third kappa shape index (κ3) is 2.04. The van der Waals surface area contributed by atoms with Crippen molar-refractivity contribution >= 4 is 11.9 Å². The molecule has 6 unspecified atom stereocenters. The quantitative estimate of drug-likeness (QED) is 0.751. The fourth-order valence-corrected chi connectivity index (χ4v) is 6.86. The van der Waals surface area contributed by atoms with Crippen molar-refractivity contribution in [3.8, 4) is 0 Å². The van der Waals surface area contributed by atoms with Crippen LogP contribution in [0.4, 0.5) is 0 Å². The van der Waals surface area contributed by atoms with E-state index in [0.29, 0.717) is 17.8 Å². The van der Waals surface area contributed by atoms with E-state index in [1.54, 1.807) is 6.08 Å². The van der Waals surface area contributed by atoms with Gasteiger partial charge in [0.2, 0.25) is 5.91 Å². The Kier molecular flexibility index (Phi) is 3.59. The number of esters is 1. The molecule has 0 spiro atoms. The van der Waals surface area contributed by atoms with Crippen LogP contribution in [-0.4, -0.2) is 25.0 Å². The van der Waals surface area contributed by atoms with Crippen molar-refractivity contribution in [2.75, 3.05) is 7.11 Å². The summed E-state index contributed by atoms with van der Waals surface area (Å²) in [6, 6.07) is 0.276. The Labute approximate surface area is 144 Å². The minimum absolute atomic E-state index is 0.0110. The molecule has 1 heterocycles. The van der Waals surface area contributed by atoms with Gasteiger partial charge in [-0.05, 0) is 67.8 Å². The highest BCUT2D eigenvalue weighted by Gasteiger charge is 2.61. The number of carbonyl (C=O) groups excluding carboxylic acids is 2. The van der Waals surface area contributed by atoms with E-state index in [1.807, 2.05) is 0 Å². The maximum Gasteiger partial charge on any atom is 0.309 e. The van der Waals surface area contributed by atoms with E-state index in [2.05, 4.69) is 25.2 Å². The SMILES string of the molecule is COC(=O)[C@H]1CCC2C3CCC4NC(=O)C=CC4(C)C3CCC21C. The number of fused-ring (bicyclic) bond motifs is 5. The third-order valence-electron chi connectivity index (χ3n) is 8.17. The van der Waals surface area contributed by atoms with Gasteiger partial charge in [-0.1, -0.05) is 19.9 Å². The van der Waals surface area contributed by atoms with E-state index in [0.717, 1.165) is 32.1 Å². The largest absolute Gasteiger partial charge is 0.469 e. The molecule has 4 rings (SSSR count). The summed E-state index contributed by atoms with van der Waals surface area (Å²) in [6.45, 7) is 4.66. The molecule has 132 valence electrons. The molecule has 1 aliphatic heterocycles. The zero-order chi connectivity index (χ0) is 17.1. The van der Waals surface area contributed by atoms with Crippen molar-refractivity contribution in [2.45, 2.75) is 58.4 Å². The van der Waals surface area contributed by atoms with Crippen LogP contribution in [0.25, 0.3) is 0 Å². The van der Waals surface area contributed by atoms with E-state index < -0.39 is 0 Å². The van der Waals surface area contributed by atoms with E-state index in [1.165, 1.54) is 13.5 Å². The van der Waals surface area contributed by atoms with Gasteiger partial charge in [0.1, 0.15) is 0 Å². The minimum atomic E-state index is -0.0110. The van der Waals surface area contributed by atoms with Crippen LogP contribution in [-0.2, 0) is 14.3 Å². The highest BCUT2D eigenvalue weighted by Crippen LogP contribution is 2.65. The molecule has 4 nitrogen and oxygen atoms in total. The number of carbonyl (C=O) groups is 2. The highest BCUT2D eigenvalue weighted by atomic mass is 16.5. The molecule has 0 radical (unpaired) electrons. The van der Waals surface area contributed by atoms with Gasteiger partial charge in [0.05, 0.1) is 13.0 Å². The summed E-state index contributed by atoms with van der Waals surface area (Å²) in [5, 5.41) is 3.20. The summed E-state index contributed by atoms with van der Waals surface area (Å²) >= 11 is 0. The lowest BCUT2D eigenvalue weighted by Crippen LogP contribution is -2.59. The molecule has 3 saturated carbocycles. The molecule has 4 heteroatoms. The standard InChI is InChI=1S/C20H29NO3/c1-19-10-8-14-12(13(19)5-6-15(19)18(23)24-3)4-7-16-20(14,2)11-9-17(22)21-16/h9,11-16H,4-8,10H2,1-3H3,(H,21,22)/t12?,13?,14?,15-,16?,19?,20?/m1/s1. The molecule has 0 aromatic carbocycles. The van der Waals surface area contributed by atoms with E-state index in [4.69, 9.17) is 4.74 Å². The van der Waals surface area contributed by atoms with Gasteiger partial charge in [-0.25, -0.2) is 0 Å². The lowest BCUT2D eigenvalue weighted by atomic mass is 9.48. The second-order valence-electron chi connectivity index (χ2n) is 8.91. The van der Waals surface area contributed by atoms with E-state index in [-0.39, 0.29) is 34.7 Å². The maximum absolute atomic E-state index is 12.3. The lowest BCUT2D eigenvalue weighted by molar-refractivity contribution is -0.153. The van der Waals surface area contributed by atoms with Crippen LogP contribution in [0.2, 0.25) is 0 Å². The molecule has 4 aliphatic rings. The molecular weight excluding hydrogens is 302 g/mol. The lowest BCUT2D eigenvalue weighted by Gasteiger charge is -2.58. The van der Waals surface area contributed by atoms with Gasteiger partial charge in [-0.2, -0.15) is 0 Å². The second-order valence-corrected chi connectivity index (χ2v) is 8.91. The molecule has 0 saturated heterocycles. The number of hydrogen-bond donors (Lipinski definition) is 1. The van der Waals surface area contributed by atoms with Crippen molar-refractivity contribution in [1.29, 1.82) is 0 Å².